The number of hydrogen-bond donors (Lipinski definition) is 2. The molecule has 90 valence electrons. The maximum absolute atomic E-state index is 11.4. The predicted octanol–water partition coefficient (Wildman–Crippen LogP) is 1.46. The lowest BCUT2D eigenvalue weighted by Crippen LogP contribution is -2.33. The third-order valence-electron chi connectivity index (χ3n) is 2.42. The minimum atomic E-state index is 0.0809. The minimum absolute atomic E-state index is 0.0809. The molecule has 16 heavy (non-hydrogen) atoms. The van der Waals surface area contributed by atoms with Crippen LogP contribution in [-0.4, -0.2) is 18.5 Å². The van der Waals surface area contributed by atoms with E-state index in [1.54, 1.807) is 6.26 Å². The fourth-order valence-electron chi connectivity index (χ4n) is 1.50. The summed E-state index contributed by atoms with van der Waals surface area (Å²) in [6.45, 7) is 2.57. The summed E-state index contributed by atoms with van der Waals surface area (Å²) < 4.78 is 5.22. The molecule has 0 aliphatic rings. The quantitative estimate of drug-likeness (QED) is 0.736. The van der Waals surface area contributed by atoms with E-state index >= 15 is 0 Å². The summed E-state index contributed by atoms with van der Waals surface area (Å²) in [6, 6.07) is 4.00. The van der Waals surface area contributed by atoms with Gasteiger partial charge in [0.05, 0.1) is 6.26 Å². The molecule has 1 atom stereocenters. The Kier molecular flexibility index (Phi) is 5.64. The highest BCUT2D eigenvalue weighted by molar-refractivity contribution is 5.76. The van der Waals surface area contributed by atoms with Gasteiger partial charge in [0.1, 0.15) is 5.76 Å². The van der Waals surface area contributed by atoms with E-state index in [1.807, 2.05) is 19.1 Å². The summed E-state index contributed by atoms with van der Waals surface area (Å²) in [5, 5.41) is 2.94. The maximum Gasteiger partial charge on any atom is 0.220 e. The average Bonchev–Trinajstić information content (AvgIpc) is 2.76. The first-order valence-corrected chi connectivity index (χ1v) is 5.74. The van der Waals surface area contributed by atoms with E-state index < -0.39 is 0 Å². The second-order valence-corrected chi connectivity index (χ2v) is 3.98. The zero-order chi connectivity index (χ0) is 11.8. The van der Waals surface area contributed by atoms with Crippen LogP contribution in [0.2, 0.25) is 0 Å². The Balaban J connectivity index is 2.15. The Hall–Kier alpha value is -1.29. The molecule has 0 aliphatic carbocycles. The Morgan fingerprint density at radius 2 is 2.44 bits per heavy atom. The van der Waals surface area contributed by atoms with Crippen molar-refractivity contribution in [3.63, 3.8) is 0 Å². The summed E-state index contributed by atoms with van der Waals surface area (Å²) >= 11 is 0. The van der Waals surface area contributed by atoms with Crippen LogP contribution in [-0.2, 0) is 11.2 Å². The smallest absolute Gasteiger partial charge is 0.220 e. The normalized spacial score (nSPS) is 12.4. The van der Waals surface area contributed by atoms with Gasteiger partial charge < -0.3 is 15.5 Å². The van der Waals surface area contributed by atoms with Crippen LogP contribution in [0, 0.1) is 0 Å². The van der Waals surface area contributed by atoms with Gasteiger partial charge in [-0.1, -0.05) is 0 Å². The highest BCUT2D eigenvalue weighted by atomic mass is 16.3. The van der Waals surface area contributed by atoms with Gasteiger partial charge in [-0.3, -0.25) is 4.79 Å². The van der Waals surface area contributed by atoms with E-state index in [0.717, 1.165) is 25.0 Å². The molecule has 0 bridgehead atoms. The molecule has 4 nitrogen and oxygen atoms in total. The highest BCUT2D eigenvalue weighted by Crippen LogP contribution is 2.05. The molecule has 0 saturated carbocycles. The SMILES string of the molecule is CC(CCc1ccco1)NC(=O)CCCN. The first-order chi connectivity index (χ1) is 7.72. The van der Waals surface area contributed by atoms with Crippen LogP contribution in [0.1, 0.15) is 31.9 Å². The fourth-order valence-corrected chi connectivity index (χ4v) is 1.50. The highest BCUT2D eigenvalue weighted by Gasteiger charge is 2.07. The van der Waals surface area contributed by atoms with Gasteiger partial charge in [0, 0.05) is 18.9 Å². The Morgan fingerprint density at radius 3 is 3.06 bits per heavy atom. The van der Waals surface area contributed by atoms with Crippen molar-refractivity contribution in [2.24, 2.45) is 5.73 Å². The standard InChI is InChI=1S/C12H20N2O2/c1-10(14-12(15)5-2-8-13)6-7-11-4-3-9-16-11/h3-4,9-10H,2,5-8,13H2,1H3,(H,14,15). The number of rotatable bonds is 7. The molecular formula is C12H20N2O2. The van der Waals surface area contributed by atoms with Crippen LogP contribution in [0.4, 0.5) is 0 Å². The van der Waals surface area contributed by atoms with Crippen LogP contribution < -0.4 is 11.1 Å². The van der Waals surface area contributed by atoms with E-state index in [4.69, 9.17) is 10.2 Å². The number of furan rings is 1. The van der Waals surface area contributed by atoms with Gasteiger partial charge >= 0.3 is 0 Å². The fraction of sp³-hybridized carbons (Fsp3) is 0.583. The van der Waals surface area contributed by atoms with Crippen molar-refractivity contribution in [3.05, 3.63) is 24.2 Å². The molecule has 1 amide bonds. The number of nitrogens with one attached hydrogen (secondary N) is 1. The molecule has 0 fully saturated rings. The van der Waals surface area contributed by atoms with Crippen molar-refractivity contribution >= 4 is 5.91 Å². The lowest BCUT2D eigenvalue weighted by Gasteiger charge is -2.12. The molecule has 1 rings (SSSR count). The number of carbonyl (C=O) groups excluding carboxylic acids is 1. The Morgan fingerprint density at radius 1 is 1.62 bits per heavy atom. The van der Waals surface area contributed by atoms with E-state index in [-0.39, 0.29) is 11.9 Å². The van der Waals surface area contributed by atoms with Crippen LogP contribution >= 0.6 is 0 Å². The lowest BCUT2D eigenvalue weighted by atomic mass is 10.1. The second kappa shape index (κ2) is 7.06. The van der Waals surface area contributed by atoms with Crippen molar-refractivity contribution in [2.45, 2.75) is 38.6 Å². The number of nitrogens with two attached hydrogens (primary N) is 1. The number of carbonyl (C=O) groups is 1. The third-order valence-corrected chi connectivity index (χ3v) is 2.42. The van der Waals surface area contributed by atoms with Gasteiger partial charge in [0.2, 0.25) is 5.91 Å². The van der Waals surface area contributed by atoms with E-state index in [0.29, 0.717) is 13.0 Å². The molecule has 0 saturated heterocycles. The summed E-state index contributed by atoms with van der Waals surface area (Å²) in [5.74, 6) is 1.04. The minimum Gasteiger partial charge on any atom is -0.469 e. The van der Waals surface area contributed by atoms with E-state index in [2.05, 4.69) is 5.32 Å². The Bertz CT molecular complexity index is 296. The van der Waals surface area contributed by atoms with Crippen LogP contribution in [0.15, 0.2) is 22.8 Å². The number of aryl methyl sites for hydroxylation is 1. The largest absolute Gasteiger partial charge is 0.469 e. The summed E-state index contributed by atoms with van der Waals surface area (Å²) in [7, 11) is 0. The van der Waals surface area contributed by atoms with Crippen molar-refractivity contribution < 1.29 is 9.21 Å². The van der Waals surface area contributed by atoms with Gasteiger partial charge in [0.25, 0.3) is 0 Å². The van der Waals surface area contributed by atoms with Gasteiger partial charge in [0.15, 0.2) is 0 Å². The van der Waals surface area contributed by atoms with Crippen LogP contribution in [0.5, 0.6) is 0 Å². The zero-order valence-corrected chi connectivity index (χ0v) is 9.74. The molecule has 0 radical (unpaired) electrons. The Labute approximate surface area is 96.2 Å². The van der Waals surface area contributed by atoms with Crippen molar-refractivity contribution in [1.82, 2.24) is 5.32 Å². The lowest BCUT2D eigenvalue weighted by molar-refractivity contribution is -0.121. The van der Waals surface area contributed by atoms with Crippen molar-refractivity contribution in [3.8, 4) is 0 Å². The number of amides is 1. The first kappa shape index (κ1) is 12.8. The third kappa shape index (κ3) is 4.98. The monoisotopic (exact) mass is 224 g/mol. The molecule has 1 aromatic rings. The molecule has 0 spiro atoms. The van der Waals surface area contributed by atoms with Gasteiger partial charge in [-0.25, -0.2) is 0 Å². The molecule has 0 aromatic carbocycles. The average molecular weight is 224 g/mol. The maximum atomic E-state index is 11.4. The number of hydrogen-bond acceptors (Lipinski definition) is 3. The van der Waals surface area contributed by atoms with Crippen LogP contribution in [0.3, 0.4) is 0 Å². The molecule has 1 heterocycles. The molecule has 1 unspecified atom stereocenters. The molecule has 1 aromatic heterocycles. The first-order valence-electron chi connectivity index (χ1n) is 5.74. The van der Waals surface area contributed by atoms with Gasteiger partial charge in [-0.05, 0) is 38.4 Å². The van der Waals surface area contributed by atoms with E-state index in [1.165, 1.54) is 0 Å². The topological polar surface area (TPSA) is 68.3 Å². The summed E-state index contributed by atoms with van der Waals surface area (Å²) in [4.78, 5) is 11.4. The van der Waals surface area contributed by atoms with Gasteiger partial charge in [-0.2, -0.15) is 0 Å². The van der Waals surface area contributed by atoms with Crippen molar-refractivity contribution in [2.75, 3.05) is 6.54 Å². The van der Waals surface area contributed by atoms with E-state index in [9.17, 15) is 4.79 Å². The molecular weight excluding hydrogens is 204 g/mol. The van der Waals surface area contributed by atoms with Crippen molar-refractivity contribution in [1.29, 1.82) is 0 Å². The van der Waals surface area contributed by atoms with Gasteiger partial charge in [-0.15, -0.1) is 0 Å². The molecule has 4 heteroatoms. The predicted molar refractivity (Wildman–Crippen MR) is 62.9 cm³/mol. The second-order valence-electron chi connectivity index (χ2n) is 3.98. The zero-order valence-electron chi connectivity index (χ0n) is 9.74. The molecule has 0 aliphatic heterocycles. The summed E-state index contributed by atoms with van der Waals surface area (Å²) in [5.41, 5.74) is 5.34. The summed E-state index contributed by atoms with van der Waals surface area (Å²) in [6.07, 6.45) is 4.67. The molecule has 3 N–H and O–H groups in total. The van der Waals surface area contributed by atoms with Crippen LogP contribution in [0.25, 0.3) is 0 Å².